The zero-order valence-corrected chi connectivity index (χ0v) is 11.7. The summed E-state index contributed by atoms with van der Waals surface area (Å²) in [6, 6.07) is 9.37. The minimum absolute atomic E-state index is 0.0709. The van der Waals surface area contributed by atoms with Crippen molar-refractivity contribution in [1.82, 2.24) is 0 Å². The molecule has 0 aromatic heterocycles. The highest BCUT2D eigenvalue weighted by atomic mass is 79.9. The van der Waals surface area contributed by atoms with E-state index in [1.165, 1.54) is 0 Å². The van der Waals surface area contributed by atoms with Crippen LogP contribution in [0.3, 0.4) is 0 Å². The van der Waals surface area contributed by atoms with Gasteiger partial charge in [-0.15, -0.1) is 0 Å². The Balaban J connectivity index is 2.54. The minimum atomic E-state index is -2.54. The quantitative estimate of drug-likeness (QED) is 0.648. The highest BCUT2D eigenvalue weighted by Gasteiger charge is 2.44. The van der Waals surface area contributed by atoms with Gasteiger partial charge in [-0.25, -0.2) is 9.18 Å². The first-order valence-electron chi connectivity index (χ1n) is 5.75. The van der Waals surface area contributed by atoms with Gasteiger partial charge in [0.05, 0.1) is 6.61 Å². The zero-order valence-electron chi connectivity index (χ0n) is 10.1. The van der Waals surface area contributed by atoms with Crippen molar-refractivity contribution >= 4 is 21.9 Å². The van der Waals surface area contributed by atoms with E-state index < -0.39 is 16.7 Å². The van der Waals surface area contributed by atoms with Crippen LogP contribution < -0.4 is 0 Å². The van der Waals surface area contributed by atoms with Crippen molar-refractivity contribution < 1.29 is 19.0 Å². The molecule has 0 saturated carbocycles. The summed E-state index contributed by atoms with van der Waals surface area (Å²) in [5.41, 5.74) is 0.976. The van der Waals surface area contributed by atoms with Crippen LogP contribution in [0.2, 0.25) is 0 Å². The Morgan fingerprint density at radius 3 is 2.67 bits per heavy atom. The maximum absolute atomic E-state index is 14.0. The van der Waals surface area contributed by atoms with Gasteiger partial charge < -0.3 is 9.84 Å². The van der Waals surface area contributed by atoms with Gasteiger partial charge in [-0.1, -0.05) is 30.3 Å². The lowest BCUT2D eigenvalue weighted by Crippen LogP contribution is -2.41. The number of rotatable bonds is 6. The second kappa shape index (κ2) is 6.85. The number of alkyl halides is 2. The van der Waals surface area contributed by atoms with E-state index in [2.05, 4.69) is 20.7 Å². The van der Waals surface area contributed by atoms with Crippen LogP contribution in [0.25, 0.3) is 0 Å². The Morgan fingerprint density at radius 1 is 1.50 bits per heavy atom. The average molecular weight is 319 g/mol. The number of aliphatic hydroxyl groups is 1. The lowest BCUT2D eigenvalue weighted by molar-refractivity contribution is -0.156. The number of ether oxygens (including phenoxy) is 1. The maximum Gasteiger partial charge on any atom is 0.357 e. The molecule has 0 aliphatic heterocycles. The fourth-order valence-corrected chi connectivity index (χ4v) is 1.84. The second-order valence-electron chi connectivity index (χ2n) is 3.88. The van der Waals surface area contributed by atoms with Gasteiger partial charge in [0, 0.05) is 0 Å². The molecule has 0 heterocycles. The first-order chi connectivity index (χ1) is 8.48. The van der Waals surface area contributed by atoms with Gasteiger partial charge in [0.25, 0.3) is 4.58 Å². The SMILES string of the molecule is CCOC(=O)[C@](F)(Br)[C@H](O)CCc1ccccc1. The molecular weight excluding hydrogens is 303 g/mol. The number of esters is 1. The Morgan fingerprint density at radius 2 is 2.11 bits per heavy atom. The molecule has 1 aromatic carbocycles. The van der Waals surface area contributed by atoms with Crippen molar-refractivity contribution in [1.29, 1.82) is 0 Å². The molecule has 5 heteroatoms. The lowest BCUT2D eigenvalue weighted by Gasteiger charge is -2.22. The van der Waals surface area contributed by atoms with Gasteiger partial charge in [-0.05, 0) is 41.3 Å². The van der Waals surface area contributed by atoms with E-state index in [0.29, 0.717) is 6.42 Å². The standard InChI is InChI=1S/C13H16BrFO3/c1-2-18-12(17)13(14,15)11(16)9-8-10-6-4-3-5-7-10/h3-7,11,16H,2,8-9H2,1H3/t11-,13+/m1/s1. The summed E-state index contributed by atoms with van der Waals surface area (Å²) in [5.74, 6) is -1.09. The molecule has 1 rings (SSSR count). The van der Waals surface area contributed by atoms with E-state index in [1.54, 1.807) is 6.92 Å². The number of carbonyl (C=O) groups is 1. The van der Waals surface area contributed by atoms with E-state index in [9.17, 15) is 14.3 Å². The third kappa shape index (κ3) is 4.07. The van der Waals surface area contributed by atoms with Crippen LogP contribution in [0.4, 0.5) is 4.39 Å². The predicted molar refractivity (Wildman–Crippen MR) is 70.2 cm³/mol. The van der Waals surface area contributed by atoms with Gasteiger partial charge in [0.2, 0.25) is 0 Å². The molecule has 1 aromatic rings. The number of hydrogen-bond acceptors (Lipinski definition) is 3. The van der Waals surface area contributed by atoms with E-state index in [0.717, 1.165) is 5.56 Å². The Hall–Kier alpha value is -0.940. The number of aryl methyl sites for hydroxylation is 1. The monoisotopic (exact) mass is 318 g/mol. The molecule has 0 spiro atoms. The van der Waals surface area contributed by atoms with Crippen molar-refractivity contribution in [2.24, 2.45) is 0 Å². The first kappa shape index (κ1) is 15.1. The Bertz CT molecular complexity index is 381. The molecule has 18 heavy (non-hydrogen) atoms. The molecular formula is C13H16BrFO3. The van der Waals surface area contributed by atoms with Crippen molar-refractivity contribution in [3.8, 4) is 0 Å². The van der Waals surface area contributed by atoms with Crippen LogP contribution in [-0.2, 0) is 16.0 Å². The summed E-state index contributed by atoms with van der Waals surface area (Å²) < 4.78 is 16.0. The maximum atomic E-state index is 14.0. The van der Waals surface area contributed by atoms with Gasteiger partial charge in [0.15, 0.2) is 0 Å². The molecule has 3 nitrogen and oxygen atoms in total. The highest BCUT2D eigenvalue weighted by molar-refractivity contribution is 9.10. The summed E-state index contributed by atoms with van der Waals surface area (Å²) in [7, 11) is 0. The fraction of sp³-hybridized carbons (Fsp3) is 0.462. The molecule has 0 unspecified atom stereocenters. The van der Waals surface area contributed by atoms with Crippen molar-refractivity contribution in [2.45, 2.75) is 30.4 Å². The van der Waals surface area contributed by atoms with Crippen molar-refractivity contribution in [3.05, 3.63) is 35.9 Å². The summed E-state index contributed by atoms with van der Waals surface area (Å²) in [6.45, 7) is 1.65. The Labute approximate surface area is 114 Å². The first-order valence-corrected chi connectivity index (χ1v) is 6.54. The number of benzene rings is 1. The lowest BCUT2D eigenvalue weighted by atomic mass is 10.0. The molecule has 1 N–H and O–H groups in total. The van der Waals surface area contributed by atoms with Crippen LogP contribution in [-0.4, -0.2) is 28.4 Å². The van der Waals surface area contributed by atoms with Crippen molar-refractivity contribution in [3.63, 3.8) is 0 Å². The van der Waals surface area contributed by atoms with E-state index >= 15 is 0 Å². The Kier molecular flexibility index (Phi) is 5.75. The van der Waals surface area contributed by atoms with Gasteiger partial charge in [0.1, 0.15) is 6.10 Å². The van der Waals surface area contributed by atoms with Gasteiger partial charge in [-0.2, -0.15) is 0 Å². The third-order valence-corrected chi connectivity index (χ3v) is 3.37. The number of halogens is 2. The van der Waals surface area contributed by atoms with Gasteiger partial charge >= 0.3 is 5.97 Å². The smallest absolute Gasteiger partial charge is 0.357 e. The van der Waals surface area contributed by atoms with Crippen LogP contribution >= 0.6 is 15.9 Å². The molecule has 0 amide bonds. The largest absolute Gasteiger partial charge is 0.463 e. The average Bonchev–Trinajstić information content (AvgIpc) is 2.37. The summed E-state index contributed by atoms with van der Waals surface area (Å²) in [4.78, 5) is 11.3. The fourth-order valence-electron chi connectivity index (χ4n) is 1.49. The van der Waals surface area contributed by atoms with Crippen molar-refractivity contribution in [2.75, 3.05) is 6.61 Å². The number of hydrogen-bond donors (Lipinski definition) is 1. The van der Waals surface area contributed by atoms with Gasteiger partial charge in [-0.3, -0.25) is 0 Å². The second-order valence-corrected chi connectivity index (χ2v) is 5.04. The molecule has 0 fully saturated rings. The highest BCUT2D eigenvalue weighted by Crippen LogP contribution is 2.29. The number of carbonyl (C=O) groups excluding carboxylic acids is 1. The zero-order chi connectivity index (χ0) is 13.6. The topological polar surface area (TPSA) is 46.5 Å². The van der Waals surface area contributed by atoms with E-state index in [4.69, 9.17) is 0 Å². The van der Waals surface area contributed by atoms with Crippen LogP contribution in [0.5, 0.6) is 0 Å². The molecule has 0 aliphatic rings. The summed E-state index contributed by atoms with van der Waals surface area (Å²) >= 11 is 2.60. The molecule has 2 atom stereocenters. The van der Waals surface area contributed by atoms with Crippen LogP contribution in [0.15, 0.2) is 30.3 Å². The molecule has 0 radical (unpaired) electrons. The minimum Gasteiger partial charge on any atom is -0.463 e. The third-order valence-electron chi connectivity index (χ3n) is 2.52. The summed E-state index contributed by atoms with van der Waals surface area (Å²) in [5, 5.41) is 9.71. The molecule has 0 aliphatic carbocycles. The molecule has 0 saturated heterocycles. The number of aliphatic hydroxyl groups excluding tert-OH is 1. The normalized spacial score (nSPS) is 15.8. The molecule has 0 bridgehead atoms. The van der Waals surface area contributed by atoms with Crippen LogP contribution in [0, 0.1) is 0 Å². The van der Waals surface area contributed by atoms with Crippen LogP contribution in [0.1, 0.15) is 18.9 Å². The van der Waals surface area contributed by atoms with E-state index in [-0.39, 0.29) is 13.0 Å². The summed E-state index contributed by atoms with van der Waals surface area (Å²) in [6.07, 6.45) is -0.833. The predicted octanol–water partition coefficient (Wildman–Crippen LogP) is 2.60. The molecule has 100 valence electrons. The van der Waals surface area contributed by atoms with E-state index in [1.807, 2.05) is 30.3 Å².